The first-order valence-corrected chi connectivity index (χ1v) is 13.8. The molecule has 0 spiro atoms. The first-order chi connectivity index (χ1) is 19.4. The Kier molecular flexibility index (Phi) is 8.27. The Morgan fingerprint density at radius 1 is 0.850 bits per heavy atom. The molecule has 202 valence electrons. The molecular formula is C33H31ClN4O2. The van der Waals surface area contributed by atoms with Crippen LogP contribution in [0.1, 0.15) is 41.7 Å². The number of fused-ring (bicyclic) bond motifs is 1. The summed E-state index contributed by atoms with van der Waals surface area (Å²) in [6.07, 6.45) is 2.40. The van der Waals surface area contributed by atoms with Crippen molar-refractivity contribution in [2.45, 2.75) is 39.2 Å². The van der Waals surface area contributed by atoms with Crippen LogP contribution in [0, 0.1) is 0 Å². The van der Waals surface area contributed by atoms with Crippen molar-refractivity contribution in [3.63, 3.8) is 0 Å². The van der Waals surface area contributed by atoms with Gasteiger partial charge in [-0.25, -0.2) is 4.79 Å². The molecule has 7 heteroatoms. The molecule has 4 aromatic carbocycles. The maximum atomic E-state index is 13.3. The molecule has 0 saturated heterocycles. The standard InChI is InChI=1S/C33H31ClN4O2/c1-3-22-11-10-21(18-23(22)4-2)19-30-32(39)38-29-17-14-25(34)20-28(29)31(37-30)24-12-15-27(16-13-24)36-33(40)35-26-8-6-5-7-9-26/h5-18,20,30H,3-4,19H2,1-2H3,(H,38,39)(H2,35,36,40)/t30-/m1/s1. The van der Waals surface area contributed by atoms with Crippen LogP contribution in [0.15, 0.2) is 96.0 Å². The van der Waals surface area contributed by atoms with E-state index in [1.54, 1.807) is 6.07 Å². The predicted octanol–water partition coefficient (Wildman–Crippen LogP) is 7.51. The summed E-state index contributed by atoms with van der Waals surface area (Å²) >= 11 is 6.37. The highest BCUT2D eigenvalue weighted by Crippen LogP contribution is 2.29. The minimum Gasteiger partial charge on any atom is -0.324 e. The number of aliphatic imine (C=N–C) groups is 1. The lowest BCUT2D eigenvalue weighted by Crippen LogP contribution is -2.27. The van der Waals surface area contributed by atoms with E-state index in [-0.39, 0.29) is 11.9 Å². The third-order valence-corrected chi connectivity index (χ3v) is 7.23. The molecule has 1 atom stereocenters. The normalized spacial score (nSPS) is 14.4. The number of halogens is 1. The van der Waals surface area contributed by atoms with E-state index in [9.17, 15) is 9.59 Å². The van der Waals surface area contributed by atoms with E-state index in [1.165, 1.54) is 11.1 Å². The highest BCUT2D eigenvalue weighted by atomic mass is 35.5. The lowest BCUT2D eigenvalue weighted by Gasteiger charge is -2.14. The molecule has 0 bridgehead atoms. The van der Waals surface area contributed by atoms with Gasteiger partial charge in [0, 0.05) is 33.9 Å². The predicted molar refractivity (Wildman–Crippen MR) is 164 cm³/mol. The third-order valence-electron chi connectivity index (χ3n) is 6.99. The lowest BCUT2D eigenvalue weighted by molar-refractivity contribution is -0.117. The summed E-state index contributed by atoms with van der Waals surface area (Å²) in [7, 11) is 0. The first-order valence-electron chi connectivity index (χ1n) is 13.5. The number of urea groups is 1. The van der Waals surface area contributed by atoms with Crippen LogP contribution in [0.25, 0.3) is 0 Å². The van der Waals surface area contributed by atoms with Crippen LogP contribution in [0.5, 0.6) is 0 Å². The van der Waals surface area contributed by atoms with Crippen molar-refractivity contribution in [2.75, 3.05) is 16.0 Å². The summed E-state index contributed by atoms with van der Waals surface area (Å²) in [6.45, 7) is 4.30. The van der Waals surface area contributed by atoms with Crippen molar-refractivity contribution in [3.8, 4) is 0 Å². The second-order valence-corrected chi connectivity index (χ2v) is 10.1. The van der Waals surface area contributed by atoms with Crippen LogP contribution in [0.4, 0.5) is 21.9 Å². The zero-order valence-corrected chi connectivity index (χ0v) is 23.3. The Morgan fingerprint density at radius 2 is 1.55 bits per heavy atom. The molecule has 0 aliphatic carbocycles. The van der Waals surface area contributed by atoms with Crippen molar-refractivity contribution in [1.29, 1.82) is 0 Å². The van der Waals surface area contributed by atoms with E-state index < -0.39 is 6.04 Å². The van der Waals surface area contributed by atoms with Gasteiger partial charge in [-0.1, -0.05) is 74.0 Å². The Morgan fingerprint density at radius 3 is 2.25 bits per heavy atom. The van der Waals surface area contributed by atoms with Crippen LogP contribution >= 0.6 is 11.6 Å². The number of carbonyl (C=O) groups excluding carboxylic acids is 2. The maximum Gasteiger partial charge on any atom is 0.323 e. The quantitative estimate of drug-likeness (QED) is 0.222. The van der Waals surface area contributed by atoms with Gasteiger partial charge in [0.2, 0.25) is 5.91 Å². The maximum absolute atomic E-state index is 13.3. The number of rotatable bonds is 7. The smallest absolute Gasteiger partial charge is 0.323 e. The monoisotopic (exact) mass is 550 g/mol. The molecule has 1 aliphatic heterocycles. The summed E-state index contributed by atoms with van der Waals surface area (Å²) in [6, 6.07) is 27.5. The number of nitrogens with one attached hydrogen (secondary N) is 3. The van der Waals surface area contributed by atoms with Gasteiger partial charge in [0.1, 0.15) is 6.04 Å². The number of para-hydroxylation sites is 1. The number of benzene rings is 4. The number of amides is 3. The van der Waals surface area contributed by atoms with E-state index in [0.29, 0.717) is 34.2 Å². The van der Waals surface area contributed by atoms with Crippen LogP contribution in [0.2, 0.25) is 5.02 Å². The van der Waals surface area contributed by atoms with Gasteiger partial charge in [-0.05, 0) is 72.0 Å². The van der Waals surface area contributed by atoms with Crippen molar-refractivity contribution < 1.29 is 9.59 Å². The Bertz CT molecular complexity index is 1570. The van der Waals surface area contributed by atoms with Gasteiger partial charge in [0.15, 0.2) is 0 Å². The fourth-order valence-corrected chi connectivity index (χ4v) is 5.09. The van der Waals surface area contributed by atoms with Crippen molar-refractivity contribution in [1.82, 2.24) is 0 Å². The number of aryl methyl sites for hydroxylation is 2. The SMILES string of the molecule is CCc1ccc(C[C@H]2N=C(c3ccc(NC(=O)Nc4ccccc4)cc3)c3cc(Cl)ccc3NC2=O)cc1CC. The van der Waals surface area contributed by atoms with Gasteiger partial charge in [-0.3, -0.25) is 9.79 Å². The minimum absolute atomic E-state index is 0.160. The summed E-state index contributed by atoms with van der Waals surface area (Å²) in [5.74, 6) is -0.160. The zero-order chi connectivity index (χ0) is 28.1. The molecular weight excluding hydrogens is 520 g/mol. The van der Waals surface area contributed by atoms with E-state index in [0.717, 1.165) is 29.5 Å². The average Bonchev–Trinajstić information content (AvgIpc) is 3.09. The Hall–Kier alpha value is -4.42. The summed E-state index contributed by atoms with van der Waals surface area (Å²) in [5, 5.41) is 9.27. The first kappa shape index (κ1) is 27.2. The minimum atomic E-state index is -0.618. The molecule has 0 saturated carbocycles. The molecule has 40 heavy (non-hydrogen) atoms. The number of hydrogen-bond donors (Lipinski definition) is 3. The highest BCUT2D eigenvalue weighted by Gasteiger charge is 2.26. The second kappa shape index (κ2) is 12.2. The zero-order valence-electron chi connectivity index (χ0n) is 22.5. The fourth-order valence-electron chi connectivity index (χ4n) is 4.92. The van der Waals surface area contributed by atoms with Gasteiger partial charge in [-0.2, -0.15) is 0 Å². The summed E-state index contributed by atoms with van der Waals surface area (Å²) in [4.78, 5) is 30.8. The van der Waals surface area contributed by atoms with E-state index >= 15 is 0 Å². The van der Waals surface area contributed by atoms with E-state index in [1.807, 2.05) is 66.7 Å². The van der Waals surface area contributed by atoms with Crippen molar-refractivity contribution in [3.05, 3.63) is 124 Å². The molecule has 4 aromatic rings. The van der Waals surface area contributed by atoms with E-state index in [2.05, 4.69) is 48.0 Å². The van der Waals surface area contributed by atoms with Crippen LogP contribution in [-0.2, 0) is 24.1 Å². The number of anilines is 3. The molecule has 3 amide bonds. The molecule has 1 aliphatic rings. The summed E-state index contributed by atoms with van der Waals surface area (Å²) in [5.41, 5.74) is 7.93. The van der Waals surface area contributed by atoms with Crippen LogP contribution in [0.3, 0.4) is 0 Å². The molecule has 0 unspecified atom stereocenters. The molecule has 5 rings (SSSR count). The van der Waals surface area contributed by atoms with Gasteiger partial charge in [-0.15, -0.1) is 0 Å². The van der Waals surface area contributed by atoms with Gasteiger partial charge in [0.25, 0.3) is 0 Å². The number of nitrogens with zero attached hydrogens (tertiary/aromatic N) is 1. The fraction of sp³-hybridized carbons (Fsp3) is 0.182. The third kappa shape index (κ3) is 6.24. The molecule has 0 aromatic heterocycles. The summed E-state index contributed by atoms with van der Waals surface area (Å²) < 4.78 is 0. The second-order valence-electron chi connectivity index (χ2n) is 9.71. The number of carbonyl (C=O) groups is 2. The van der Waals surface area contributed by atoms with Crippen LogP contribution in [-0.4, -0.2) is 23.7 Å². The van der Waals surface area contributed by atoms with Gasteiger partial charge < -0.3 is 16.0 Å². The Labute approximate surface area is 239 Å². The number of benzodiazepines with no additional fused rings is 1. The lowest BCUT2D eigenvalue weighted by atomic mass is 9.96. The largest absolute Gasteiger partial charge is 0.324 e. The van der Waals surface area contributed by atoms with Gasteiger partial charge >= 0.3 is 6.03 Å². The van der Waals surface area contributed by atoms with E-state index in [4.69, 9.17) is 16.6 Å². The van der Waals surface area contributed by atoms with Gasteiger partial charge in [0.05, 0.1) is 11.4 Å². The molecule has 1 heterocycles. The average molecular weight is 551 g/mol. The molecule has 0 radical (unpaired) electrons. The molecule has 6 nitrogen and oxygen atoms in total. The highest BCUT2D eigenvalue weighted by molar-refractivity contribution is 6.32. The number of hydrogen-bond acceptors (Lipinski definition) is 3. The molecule has 3 N–H and O–H groups in total. The van der Waals surface area contributed by atoms with Crippen LogP contribution < -0.4 is 16.0 Å². The van der Waals surface area contributed by atoms with Crippen molar-refractivity contribution >= 4 is 46.3 Å². The topological polar surface area (TPSA) is 82.6 Å². The Balaban J connectivity index is 1.44. The molecule has 0 fully saturated rings. The van der Waals surface area contributed by atoms with Crippen molar-refractivity contribution in [2.24, 2.45) is 4.99 Å².